The second kappa shape index (κ2) is 9.39. The summed E-state index contributed by atoms with van der Waals surface area (Å²) in [4.78, 5) is 17.8. The van der Waals surface area contributed by atoms with Crippen molar-refractivity contribution in [3.8, 4) is 0 Å². The van der Waals surface area contributed by atoms with Crippen molar-refractivity contribution in [3.05, 3.63) is 0 Å². The number of guanidine groups is 1. The summed E-state index contributed by atoms with van der Waals surface area (Å²) in [5.74, 6) is 1.49. The van der Waals surface area contributed by atoms with Crippen LogP contribution < -0.4 is 11.1 Å². The van der Waals surface area contributed by atoms with Crippen LogP contribution in [0.25, 0.3) is 0 Å². The van der Waals surface area contributed by atoms with E-state index in [0.717, 1.165) is 19.0 Å². The second-order valence-corrected chi connectivity index (χ2v) is 5.36. The maximum Gasteiger partial charge on any atom is 0.222 e. The summed E-state index contributed by atoms with van der Waals surface area (Å²) in [6, 6.07) is 0. The predicted molar refractivity (Wildman–Crippen MR) is 89.7 cm³/mol. The number of carbonyl (C=O) groups is 1. The number of nitrogens with zero attached hydrogens (tertiary/aromatic N) is 2. The number of amides is 1. The number of halogens is 1. The van der Waals surface area contributed by atoms with Gasteiger partial charge in [-0.25, -0.2) is 0 Å². The monoisotopic (exact) mass is 382 g/mol. The minimum Gasteiger partial charge on any atom is -0.370 e. The number of piperidine rings is 1. The Morgan fingerprint density at radius 3 is 2.53 bits per heavy atom. The van der Waals surface area contributed by atoms with Crippen LogP contribution in [-0.2, 0) is 4.79 Å². The van der Waals surface area contributed by atoms with Gasteiger partial charge in [-0.1, -0.05) is 20.8 Å². The number of likely N-dealkylation sites (tertiary alicyclic amines) is 1. The largest absolute Gasteiger partial charge is 0.370 e. The van der Waals surface area contributed by atoms with Crippen LogP contribution in [-0.4, -0.2) is 42.9 Å². The van der Waals surface area contributed by atoms with Gasteiger partial charge in [0.1, 0.15) is 0 Å². The molecule has 6 heteroatoms. The van der Waals surface area contributed by atoms with Crippen molar-refractivity contribution in [3.63, 3.8) is 0 Å². The molecule has 1 rings (SSSR count). The Morgan fingerprint density at radius 2 is 2.00 bits per heavy atom. The second-order valence-electron chi connectivity index (χ2n) is 5.36. The molecule has 0 bridgehead atoms. The van der Waals surface area contributed by atoms with E-state index in [1.165, 1.54) is 12.8 Å². The lowest BCUT2D eigenvalue weighted by molar-refractivity contribution is -0.123. The van der Waals surface area contributed by atoms with Gasteiger partial charge in [0.25, 0.3) is 0 Å². The molecule has 0 unspecified atom stereocenters. The number of aliphatic imine (C=N–C) groups is 1. The molecule has 1 aliphatic rings. The summed E-state index contributed by atoms with van der Waals surface area (Å²) in [6.45, 7) is 9.12. The van der Waals surface area contributed by atoms with Gasteiger partial charge in [-0.3, -0.25) is 9.79 Å². The van der Waals surface area contributed by atoms with E-state index < -0.39 is 0 Å². The van der Waals surface area contributed by atoms with Gasteiger partial charge in [-0.05, 0) is 18.8 Å². The highest BCUT2D eigenvalue weighted by Gasteiger charge is 2.16. The van der Waals surface area contributed by atoms with Crippen LogP contribution in [0.2, 0.25) is 0 Å². The highest BCUT2D eigenvalue weighted by Crippen LogP contribution is 2.15. The molecule has 0 spiro atoms. The maximum absolute atomic E-state index is 11.3. The standard InChI is InChI=1S/C13H26N4O.HI/c1-10(2)12(18)15-6-7-16-13(14)17-8-4-11(3)5-9-17;/h10-11H,4-9H2,1-3H3,(H2,14,16)(H,15,18);1H. The van der Waals surface area contributed by atoms with Crippen LogP contribution in [0.4, 0.5) is 0 Å². The SMILES string of the molecule is CC1CCN(C(N)=NCCNC(=O)C(C)C)CC1.I. The molecule has 5 nitrogen and oxygen atoms in total. The number of nitrogens with one attached hydrogen (secondary N) is 1. The Balaban J connectivity index is 0.00000324. The average Bonchev–Trinajstić information content (AvgIpc) is 2.34. The van der Waals surface area contributed by atoms with E-state index in [1.54, 1.807) is 0 Å². The minimum absolute atomic E-state index is 0. The summed E-state index contributed by atoms with van der Waals surface area (Å²) in [5.41, 5.74) is 5.93. The molecule has 1 fully saturated rings. The molecule has 0 aromatic carbocycles. The van der Waals surface area contributed by atoms with E-state index >= 15 is 0 Å². The van der Waals surface area contributed by atoms with Gasteiger partial charge in [0.2, 0.25) is 5.91 Å². The lowest BCUT2D eigenvalue weighted by Gasteiger charge is -2.31. The smallest absolute Gasteiger partial charge is 0.222 e. The molecule has 0 aromatic rings. The molecule has 19 heavy (non-hydrogen) atoms. The van der Waals surface area contributed by atoms with Crippen molar-refractivity contribution in [2.45, 2.75) is 33.6 Å². The molecule has 0 aliphatic carbocycles. The molecule has 1 saturated heterocycles. The fraction of sp³-hybridized carbons (Fsp3) is 0.846. The molecule has 0 aromatic heterocycles. The third-order valence-corrected chi connectivity index (χ3v) is 3.32. The number of hydrogen-bond acceptors (Lipinski definition) is 2. The van der Waals surface area contributed by atoms with E-state index in [-0.39, 0.29) is 35.8 Å². The summed E-state index contributed by atoms with van der Waals surface area (Å²) in [5, 5.41) is 2.83. The van der Waals surface area contributed by atoms with Crippen molar-refractivity contribution in [1.29, 1.82) is 0 Å². The van der Waals surface area contributed by atoms with Crippen LogP contribution in [0.3, 0.4) is 0 Å². The lowest BCUT2D eigenvalue weighted by atomic mass is 10.00. The number of rotatable bonds is 4. The van der Waals surface area contributed by atoms with Crippen molar-refractivity contribution in [1.82, 2.24) is 10.2 Å². The van der Waals surface area contributed by atoms with E-state index in [0.29, 0.717) is 19.0 Å². The van der Waals surface area contributed by atoms with Crippen molar-refractivity contribution in [2.75, 3.05) is 26.2 Å². The van der Waals surface area contributed by atoms with Crippen LogP contribution in [0.1, 0.15) is 33.6 Å². The fourth-order valence-corrected chi connectivity index (χ4v) is 1.89. The third-order valence-electron chi connectivity index (χ3n) is 3.32. The molecule has 112 valence electrons. The summed E-state index contributed by atoms with van der Waals surface area (Å²) in [6.07, 6.45) is 2.36. The van der Waals surface area contributed by atoms with Crippen LogP contribution in [0.5, 0.6) is 0 Å². The third kappa shape index (κ3) is 6.98. The van der Waals surface area contributed by atoms with Crippen LogP contribution >= 0.6 is 24.0 Å². The number of hydrogen-bond donors (Lipinski definition) is 2. The topological polar surface area (TPSA) is 70.7 Å². The highest BCUT2D eigenvalue weighted by molar-refractivity contribution is 14.0. The Morgan fingerprint density at radius 1 is 1.42 bits per heavy atom. The first-order valence-corrected chi connectivity index (χ1v) is 6.83. The zero-order valence-corrected chi connectivity index (χ0v) is 14.5. The van der Waals surface area contributed by atoms with Crippen molar-refractivity contribution < 1.29 is 4.79 Å². The highest BCUT2D eigenvalue weighted by atomic mass is 127. The number of nitrogens with two attached hydrogens (primary N) is 1. The van der Waals surface area contributed by atoms with Crippen LogP contribution in [0, 0.1) is 11.8 Å². The fourth-order valence-electron chi connectivity index (χ4n) is 1.89. The average molecular weight is 382 g/mol. The van der Waals surface area contributed by atoms with Crippen LogP contribution in [0.15, 0.2) is 4.99 Å². The van der Waals surface area contributed by atoms with Gasteiger partial charge in [0.15, 0.2) is 5.96 Å². The van der Waals surface area contributed by atoms with Gasteiger partial charge in [0.05, 0.1) is 6.54 Å². The normalized spacial score (nSPS) is 17.3. The Hall–Kier alpha value is -0.530. The summed E-state index contributed by atoms with van der Waals surface area (Å²) < 4.78 is 0. The van der Waals surface area contributed by atoms with Gasteiger partial charge >= 0.3 is 0 Å². The molecule has 1 amide bonds. The van der Waals surface area contributed by atoms with E-state index in [1.807, 2.05) is 13.8 Å². The molecular formula is C13H27IN4O. The molecule has 1 aliphatic heterocycles. The van der Waals surface area contributed by atoms with E-state index in [9.17, 15) is 4.79 Å². The zero-order chi connectivity index (χ0) is 13.5. The first-order chi connectivity index (χ1) is 8.50. The zero-order valence-electron chi connectivity index (χ0n) is 12.2. The number of carbonyl (C=O) groups excluding carboxylic acids is 1. The van der Waals surface area contributed by atoms with E-state index in [4.69, 9.17) is 5.73 Å². The quantitative estimate of drug-likeness (QED) is 0.335. The Bertz CT molecular complexity index is 299. The summed E-state index contributed by atoms with van der Waals surface area (Å²) >= 11 is 0. The van der Waals surface area contributed by atoms with E-state index in [2.05, 4.69) is 22.1 Å². The van der Waals surface area contributed by atoms with Crippen molar-refractivity contribution in [2.24, 2.45) is 22.6 Å². The Kier molecular flexibility index (Phi) is 9.12. The van der Waals surface area contributed by atoms with Gasteiger partial charge in [-0.15, -0.1) is 24.0 Å². The summed E-state index contributed by atoms with van der Waals surface area (Å²) in [7, 11) is 0. The van der Waals surface area contributed by atoms with Gasteiger partial charge < -0.3 is 16.0 Å². The first kappa shape index (κ1) is 18.5. The predicted octanol–water partition coefficient (Wildman–Crippen LogP) is 1.42. The molecule has 0 saturated carbocycles. The van der Waals surface area contributed by atoms with Gasteiger partial charge in [0, 0.05) is 25.6 Å². The maximum atomic E-state index is 11.3. The molecule has 0 radical (unpaired) electrons. The lowest BCUT2D eigenvalue weighted by Crippen LogP contribution is -2.43. The minimum atomic E-state index is 0. The molecule has 3 N–H and O–H groups in total. The molecule has 1 heterocycles. The Labute approximate surface area is 133 Å². The van der Waals surface area contributed by atoms with Gasteiger partial charge in [-0.2, -0.15) is 0 Å². The van der Waals surface area contributed by atoms with Crippen molar-refractivity contribution >= 4 is 35.8 Å². The molecule has 0 atom stereocenters. The molecular weight excluding hydrogens is 355 g/mol. The first-order valence-electron chi connectivity index (χ1n) is 6.83.